The Bertz CT molecular complexity index is 1490. The monoisotopic (exact) mass is 538 g/mol. The number of nitrogens with zero attached hydrogens (tertiary/aromatic N) is 5. The van der Waals surface area contributed by atoms with E-state index in [-0.39, 0.29) is 18.5 Å². The lowest BCUT2D eigenvalue weighted by atomic mass is 9.95. The van der Waals surface area contributed by atoms with Gasteiger partial charge in [-0.15, -0.1) is 5.06 Å². The summed E-state index contributed by atoms with van der Waals surface area (Å²) in [7, 11) is 0. The Hall–Kier alpha value is -4.40. The van der Waals surface area contributed by atoms with E-state index in [0.29, 0.717) is 33.1 Å². The summed E-state index contributed by atoms with van der Waals surface area (Å²) < 4.78 is 65.8. The molecule has 0 radical (unpaired) electrons. The Balaban J connectivity index is 1.61. The van der Waals surface area contributed by atoms with Crippen LogP contribution in [0.4, 0.5) is 27.6 Å². The molecule has 2 aromatic heterocycles. The zero-order chi connectivity index (χ0) is 27.8. The average Bonchev–Trinajstić information content (AvgIpc) is 3.23. The molecule has 1 amide bonds. The Morgan fingerprint density at radius 1 is 1.16 bits per heavy atom. The largest absolute Gasteiger partial charge is 0.493 e. The minimum absolute atomic E-state index is 0.0498. The highest BCUT2D eigenvalue weighted by Gasteiger charge is 2.44. The van der Waals surface area contributed by atoms with E-state index in [2.05, 4.69) is 14.9 Å². The van der Waals surface area contributed by atoms with Gasteiger partial charge in [0.15, 0.2) is 0 Å². The molecule has 0 aliphatic carbocycles. The van der Waals surface area contributed by atoms with Crippen LogP contribution in [0.5, 0.6) is 0 Å². The summed E-state index contributed by atoms with van der Waals surface area (Å²) in [6.45, 7) is 0.638. The third-order valence-corrected chi connectivity index (χ3v) is 5.73. The van der Waals surface area contributed by atoms with Crippen molar-refractivity contribution in [2.24, 2.45) is 5.73 Å². The van der Waals surface area contributed by atoms with Crippen molar-refractivity contribution < 1.29 is 36.4 Å². The van der Waals surface area contributed by atoms with Gasteiger partial charge in [0.2, 0.25) is 0 Å². The maximum Gasteiger partial charge on any atom is 0.493 e. The number of aromatic nitrogens is 4. The molecule has 1 aromatic carbocycles. The van der Waals surface area contributed by atoms with Crippen LogP contribution in [-0.2, 0) is 27.4 Å². The van der Waals surface area contributed by atoms with Gasteiger partial charge < -0.3 is 10.6 Å². The summed E-state index contributed by atoms with van der Waals surface area (Å²) in [6.07, 6.45) is -4.72. The second-order valence-corrected chi connectivity index (χ2v) is 8.28. The molecular weight excluding hydrogens is 519 g/mol. The van der Waals surface area contributed by atoms with E-state index in [9.17, 15) is 36.3 Å². The summed E-state index contributed by atoms with van der Waals surface area (Å²) in [5, 5.41) is 4.20. The number of aryl methyl sites for hydroxylation is 2. The minimum Gasteiger partial charge on any atom is -0.327 e. The molecule has 200 valence electrons. The summed E-state index contributed by atoms with van der Waals surface area (Å²) >= 11 is 0. The van der Waals surface area contributed by atoms with Crippen molar-refractivity contribution in [3.63, 3.8) is 0 Å². The lowest BCUT2D eigenvalue weighted by molar-refractivity contribution is -0.201. The molecule has 1 aliphatic heterocycles. The molecule has 0 unspecified atom stereocenters. The number of pyridine rings is 1. The van der Waals surface area contributed by atoms with Crippen molar-refractivity contribution in [1.82, 2.24) is 19.3 Å². The zero-order valence-corrected chi connectivity index (χ0v) is 19.6. The zero-order valence-electron chi connectivity index (χ0n) is 19.6. The van der Waals surface area contributed by atoms with Crippen LogP contribution in [0.1, 0.15) is 17.5 Å². The number of hydrogen-bond donors (Lipinski definition) is 1. The number of alkyl halides is 3. The van der Waals surface area contributed by atoms with E-state index in [4.69, 9.17) is 5.73 Å². The van der Waals surface area contributed by atoms with Crippen molar-refractivity contribution in [2.45, 2.75) is 32.5 Å². The maximum atomic E-state index is 12.9. The van der Waals surface area contributed by atoms with Gasteiger partial charge in [-0.2, -0.15) is 27.1 Å². The number of hydrogen-bond acceptors (Lipinski definition) is 7. The summed E-state index contributed by atoms with van der Waals surface area (Å²) in [6, 6.07) is 6.29. The number of hydroxylamine groups is 1. The first-order valence-corrected chi connectivity index (χ1v) is 11.0. The number of anilines is 1. The molecule has 0 saturated carbocycles. The van der Waals surface area contributed by atoms with Gasteiger partial charge in [0.1, 0.15) is 6.33 Å². The molecule has 10 nitrogen and oxygen atoms in total. The number of rotatable bonds is 6. The molecule has 3 aromatic rings. The van der Waals surface area contributed by atoms with Crippen LogP contribution in [0.25, 0.3) is 16.9 Å². The second-order valence-electron chi connectivity index (χ2n) is 8.28. The van der Waals surface area contributed by atoms with Crippen molar-refractivity contribution in [3.8, 4) is 16.9 Å². The Morgan fingerprint density at radius 3 is 2.50 bits per heavy atom. The fourth-order valence-electron chi connectivity index (χ4n) is 3.88. The highest BCUT2D eigenvalue weighted by Crippen LogP contribution is 2.36. The van der Waals surface area contributed by atoms with Gasteiger partial charge in [0, 0.05) is 24.1 Å². The van der Waals surface area contributed by atoms with E-state index in [1.165, 1.54) is 6.20 Å². The van der Waals surface area contributed by atoms with Crippen LogP contribution >= 0.6 is 0 Å². The van der Waals surface area contributed by atoms with Crippen LogP contribution in [0.2, 0.25) is 0 Å². The summed E-state index contributed by atoms with van der Waals surface area (Å²) in [5.74, 6) is -3.30. The van der Waals surface area contributed by atoms with Crippen molar-refractivity contribution >= 4 is 17.6 Å². The quantitative estimate of drug-likeness (QED) is 0.479. The number of halogens is 5. The van der Waals surface area contributed by atoms with Crippen molar-refractivity contribution in [1.29, 1.82) is 0 Å². The van der Waals surface area contributed by atoms with E-state index >= 15 is 0 Å². The first-order chi connectivity index (χ1) is 17.9. The topological polar surface area (TPSA) is 125 Å². The van der Waals surface area contributed by atoms with Gasteiger partial charge in [-0.3, -0.25) is 9.78 Å². The molecule has 1 aliphatic rings. The molecule has 2 N–H and O–H groups in total. The molecule has 0 atom stereocenters. The molecule has 0 bridgehead atoms. The number of carbonyl (C=O) groups is 2. The fourth-order valence-corrected chi connectivity index (χ4v) is 3.88. The third-order valence-electron chi connectivity index (χ3n) is 5.73. The lowest BCUT2D eigenvalue weighted by Gasteiger charge is -2.29. The molecule has 3 heterocycles. The van der Waals surface area contributed by atoms with Crippen LogP contribution in [-0.4, -0.2) is 43.9 Å². The minimum atomic E-state index is -5.28. The number of carbonyl (C=O) groups excluding carboxylic acids is 2. The van der Waals surface area contributed by atoms with Gasteiger partial charge in [0.25, 0.3) is 12.0 Å². The van der Waals surface area contributed by atoms with Gasteiger partial charge in [-0.1, -0.05) is 0 Å². The molecular formula is C23H19F5N6O4. The van der Waals surface area contributed by atoms with Crippen LogP contribution in [0.3, 0.4) is 0 Å². The van der Waals surface area contributed by atoms with Gasteiger partial charge in [-0.25, -0.2) is 18.8 Å². The molecule has 0 fully saturated rings. The first-order valence-electron chi connectivity index (χ1n) is 11.0. The molecule has 38 heavy (non-hydrogen) atoms. The number of amides is 1. The lowest BCUT2D eigenvalue weighted by Crippen LogP contribution is -2.41. The summed E-state index contributed by atoms with van der Waals surface area (Å²) in [5.41, 5.74) is 6.35. The van der Waals surface area contributed by atoms with Crippen LogP contribution in [0.15, 0.2) is 53.2 Å². The average molecular weight is 538 g/mol. The molecule has 15 heteroatoms. The number of fused-ring (bicyclic) bond motifs is 1. The Kier molecular flexibility index (Phi) is 7.13. The van der Waals surface area contributed by atoms with Gasteiger partial charge in [0.05, 0.1) is 29.8 Å². The van der Waals surface area contributed by atoms with E-state index in [0.717, 1.165) is 15.6 Å². The second kappa shape index (κ2) is 10.2. The maximum absolute atomic E-state index is 12.9. The van der Waals surface area contributed by atoms with Crippen LogP contribution in [0, 0.1) is 6.92 Å². The number of benzene rings is 1. The van der Waals surface area contributed by atoms with Crippen LogP contribution < -0.4 is 16.5 Å². The smallest absolute Gasteiger partial charge is 0.327 e. The normalized spacial score (nSPS) is 13.3. The van der Waals surface area contributed by atoms with Gasteiger partial charge in [-0.05, 0) is 48.7 Å². The third kappa shape index (κ3) is 5.18. The number of nitrogens with two attached hydrogens (primary N) is 1. The highest BCUT2D eigenvalue weighted by atomic mass is 19.4. The van der Waals surface area contributed by atoms with Crippen molar-refractivity contribution in [3.05, 3.63) is 70.1 Å². The fraction of sp³-hybridized carbons (Fsp3) is 0.261. The summed E-state index contributed by atoms with van der Waals surface area (Å²) in [4.78, 5) is 44.8. The standard InChI is InChI=1S/C23H19F5N6O4/c1-12-6-14(7-13-2-5-18(35)34(19(12)13)38-21(36)23(26,27)28)17-4-3-16(9-30-17)32-11-31-33(22(32)37)10-15(8-29)20(24)25/h3-4,6-7,9,11H,2,5,8,10,29H2,1H3. The van der Waals surface area contributed by atoms with E-state index in [1.807, 2.05) is 0 Å². The van der Waals surface area contributed by atoms with E-state index < -0.39 is 48.5 Å². The molecule has 4 rings (SSSR count). The predicted octanol–water partition coefficient (Wildman–Crippen LogP) is 2.81. The highest BCUT2D eigenvalue weighted by molar-refractivity contribution is 5.98. The Labute approximate surface area is 210 Å². The van der Waals surface area contributed by atoms with Crippen molar-refractivity contribution in [2.75, 3.05) is 11.6 Å². The SMILES string of the molecule is Cc1cc(-c2ccc(-n3cnn(CC(CN)=C(F)F)c3=O)cn2)cc2c1N(OC(=O)C(F)(F)F)C(=O)CC2. The first kappa shape index (κ1) is 26.7. The molecule has 0 saturated heterocycles. The van der Waals surface area contributed by atoms with E-state index in [1.54, 1.807) is 31.2 Å². The molecule has 0 spiro atoms. The van der Waals surface area contributed by atoms with Gasteiger partial charge >= 0.3 is 17.8 Å². The Morgan fingerprint density at radius 2 is 1.89 bits per heavy atom. The predicted molar refractivity (Wildman–Crippen MR) is 122 cm³/mol.